The zero-order valence-electron chi connectivity index (χ0n) is 41.3. The van der Waals surface area contributed by atoms with Crippen LogP contribution in [0.5, 0.6) is 0 Å². The lowest BCUT2D eigenvalue weighted by Gasteiger charge is -2.04. The quantitative estimate of drug-likeness (QED) is 0.0505. The lowest BCUT2D eigenvalue weighted by Crippen LogP contribution is -1.93. The second-order valence-corrected chi connectivity index (χ2v) is 18.1. The molecule has 0 unspecified atom stereocenters. The van der Waals surface area contributed by atoms with Crippen molar-refractivity contribution in [2.75, 3.05) is 0 Å². The molecule has 0 N–H and O–H groups in total. The van der Waals surface area contributed by atoms with Crippen molar-refractivity contribution in [2.45, 2.75) is 189 Å². The van der Waals surface area contributed by atoms with E-state index in [9.17, 15) is 0 Å². The smallest absolute Gasteiger partial charge is 0.159 e. The Bertz CT molecular complexity index is 1960. The Labute approximate surface area is 395 Å². The summed E-state index contributed by atoms with van der Waals surface area (Å²) in [6, 6.07) is 25.1. The lowest BCUT2D eigenvalue weighted by molar-refractivity contribution is 0.575. The molecule has 0 fully saturated rings. The second-order valence-electron chi connectivity index (χ2n) is 18.1. The van der Waals surface area contributed by atoms with E-state index in [1.807, 2.05) is 37.2 Å². The SMILES string of the molecule is CCCCCCCCCCc1cnc(-c2ccc(C)cc2)nc1.CCCCCCCCc1cnc(-c2ccc(C)cc2)nc1.CCCCCCCCc1cnc(-c2ccc(C)cc2)nc1. The number of hydrogen-bond acceptors (Lipinski definition) is 6. The van der Waals surface area contributed by atoms with Gasteiger partial charge in [-0.1, -0.05) is 219 Å². The normalized spacial score (nSPS) is 10.8. The van der Waals surface area contributed by atoms with Crippen LogP contribution in [-0.4, -0.2) is 29.9 Å². The van der Waals surface area contributed by atoms with Crippen molar-refractivity contribution in [2.24, 2.45) is 0 Å². The van der Waals surface area contributed by atoms with E-state index in [2.05, 4.69) is 144 Å². The molecular formula is C59H82N6. The summed E-state index contributed by atoms with van der Waals surface area (Å²) in [5, 5.41) is 0. The van der Waals surface area contributed by atoms with E-state index in [0.717, 1.165) is 53.4 Å². The van der Waals surface area contributed by atoms with Gasteiger partial charge in [-0.2, -0.15) is 0 Å². The largest absolute Gasteiger partial charge is 0.236 e. The number of hydrogen-bond donors (Lipinski definition) is 0. The number of aromatic nitrogens is 6. The summed E-state index contributed by atoms with van der Waals surface area (Å²) in [6.07, 6.45) is 42.0. The van der Waals surface area contributed by atoms with Crippen molar-refractivity contribution >= 4 is 0 Å². The van der Waals surface area contributed by atoms with Gasteiger partial charge in [0.1, 0.15) is 0 Å². The molecule has 0 spiro atoms. The average Bonchev–Trinajstić information content (AvgIpc) is 3.34. The first-order chi connectivity index (χ1) is 31.9. The van der Waals surface area contributed by atoms with Crippen molar-refractivity contribution in [3.8, 4) is 34.2 Å². The van der Waals surface area contributed by atoms with E-state index < -0.39 is 0 Å². The van der Waals surface area contributed by atoms with Crippen LogP contribution in [0.2, 0.25) is 0 Å². The maximum atomic E-state index is 4.52. The maximum absolute atomic E-state index is 4.52. The zero-order chi connectivity index (χ0) is 46.2. The van der Waals surface area contributed by atoms with E-state index in [4.69, 9.17) is 0 Å². The van der Waals surface area contributed by atoms with Crippen molar-refractivity contribution in [3.63, 3.8) is 0 Å². The Morgan fingerprint density at radius 2 is 0.462 bits per heavy atom. The first-order valence-corrected chi connectivity index (χ1v) is 25.5. The topological polar surface area (TPSA) is 77.3 Å². The summed E-state index contributed by atoms with van der Waals surface area (Å²) in [6.45, 7) is 13.1. The highest BCUT2D eigenvalue weighted by Crippen LogP contribution is 2.19. The monoisotopic (exact) mass is 875 g/mol. The summed E-state index contributed by atoms with van der Waals surface area (Å²) in [7, 11) is 0. The number of benzene rings is 3. The summed E-state index contributed by atoms with van der Waals surface area (Å²) in [4.78, 5) is 27.0. The third-order valence-electron chi connectivity index (χ3n) is 12.0. The molecule has 0 saturated carbocycles. The molecule has 348 valence electrons. The molecule has 0 radical (unpaired) electrons. The molecule has 3 aromatic carbocycles. The average molecular weight is 875 g/mol. The van der Waals surface area contributed by atoms with Gasteiger partial charge < -0.3 is 0 Å². The molecule has 0 saturated heterocycles. The van der Waals surface area contributed by atoms with Crippen LogP contribution < -0.4 is 0 Å². The number of unbranched alkanes of at least 4 members (excludes halogenated alkanes) is 17. The van der Waals surface area contributed by atoms with Crippen LogP contribution in [0.15, 0.2) is 110 Å². The molecule has 6 nitrogen and oxygen atoms in total. The van der Waals surface area contributed by atoms with E-state index in [1.54, 1.807) is 0 Å². The highest BCUT2D eigenvalue weighted by atomic mass is 14.9. The molecule has 0 atom stereocenters. The molecular weight excluding hydrogens is 793 g/mol. The molecule has 3 heterocycles. The van der Waals surface area contributed by atoms with Crippen LogP contribution in [0, 0.1) is 20.8 Å². The standard InChI is InChI=1S/C21H30N2.2C19H26N2/c1-3-4-5-6-7-8-9-10-11-19-16-22-21(23-17-19)20-14-12-18(2)13-15-20;2*1-3-4-5-6-7-8-9-17-14-20-19(21-15-17)18-12-10-16(2)11-13-18/h12-17H,3-11H2,1-2H3;2*10-15H,3-9H2,1-2H3. The highest BCUT2D eigenvalue weighted by Gasteiger charge is 2.05. The third-order valence-corrected chi connectivity index (χ3v) is 12.0. The Morgan fingerprint density at radius 1 is 0.262 bits per heavy atom. The molecule has 0 aliphatic carbocycles. The van der Waals surface area contributed by atoms with Gasteiger partial charge in [-0.25, -0.2) is 29.9 Å². The van der Waals surface area contributed by atoms with Crippen LogP contribution in [0.4, 0.5) is 0 Å². The van der Waals surface area contributed by atoms with Crippen LogP contribution in [0.3, 0.4) is 0 Å². The van der Waals surface area contributed by atoms with E-state index in [0.29, 0.717) is 0 Å². The minimum atomic E-state index is 0.821. The lowest BCUT2D eigenvalue weighted by atomic mass is 10.1. The molecule has 6 aromatic rings. The Balaban J connectivity index is 0.000000214. The maximum Gasteiger partial charge on any atom is 0.159 e. The van der Waals surface area contributed by atoms with Gasteiger partial charge in [0.25, 0.3) is 0 Å². The zero-order valence-corrected chi connectivity index (χ0v) is 41.3. The minimum absolute atomic E-state index is 0.821. The van der Waals surface area contributed by atoms with E-state index in [-0.39, 0.29) is 0 Å². The van der Waals surface area contributed by atoms with Gasteiger partial charge in [-0.15, -0.1) is 0 Å². The summed E-state index contributed by atoms with van der Waals surface area (Å²) in [5.41, 5.74) is 10.8. The van der Waals surface area contributed by atoms with Crippen LogP contribution in [-0.2, 0) is 19.3 Å². The summed E-state index contributed by atoms with van der Waals surface area (Å²) >= 11 is 0. The fraction of sp³-hybridized carbons (Fsp3) is 0.492. The van der Waals surface area contributed by atoms with Gasteiger partial charge in [0.2, 0.25) is 0 Å². The van der Waals surface area contributed by atoms with Crippen LogP contribution >= 0.6 is 0 Å². The van der Waals surface area contributed by atoms with E-state index in [1.165, 1.54) is 162 Å². The second kappa shape index (κ2) is 32.5. The van der Waals surface area contributed by atoms with Crippen LogP contribution in [0.25, 0.3) is 34.2 Å². The van der Waals surface area contributed by atoms with Gasteiger partial charge in [-0.05, 0) is 76.0 Å². The molecule has 0 amide bonds. The molecule has 0 aliphatic heterocycles. The third kappa shape index (κ3) is 22.1. The number of nitrogens with zero attached hydrogens (tertiary/aromatic N) is 6. The van der Waals surface area contributed by atoms with Crippen molar-refractivity contribution in [3.05, 3.63) is 143 Å². The van der Waals surface area contributed by atoms with Gasteiger partial charge in [0, 0.05) is 53.9 Å². The first-order valence-electron chi connectivity index (χ1n) is 25.5. The molecule has 3 aromatic heterocycles. The van der Waals surface area contributed by atoms with Crippen molar-refractivity contribution in [1.82, 2.24) is 29.9 Å². The van der Waals surface area contributed by atoms with Gasteiger partial charge in [0.05, 0.1) is 0 Å². The molecule has 0 bridgehead atoms. The van der Waals surface area contributed by atoms with E-state index >= 15 is 0 Å². The predicted molar refractivity (Wildman–Crippen MR) is 277 cm³/mol. The predicted octanol–water partition coefficient (Wildman–Crippen LogP) is 16.8. The highest BCUT2D eigenvalue weighted by molar-refractivity contribution is 5.56. The minimum Gasteiger partial charge on any atom is -0.236 e. The van der Waals surface area contributed by atoms with Crippen LogP contribution in [0.1, 0.15) is 183 Å². The Morgan fingerprint density at radius 3 is 0.677 bits per heavy atom. The van der Waals surface area contributed by atoms with Gasteiger partial charge >= 0.3 is 0 Å². The summed E-state index contributed by atoms with van der Waals surface area (Å²) in [5.74, 6) is 2.47. The fourth-order valence-electron chi connectivity index (χ4n) is 7.69. The Hall–Kier alpha value is -5.10. The number of aryl methyl sites for hydroxylation is 6. The molecule has 65 heavy (non-hydrogen) atoms. The first kappa shape index (κ1) is 52.5. The van der Waals surface area contributed by atoms with Crippen molar-refractivity contribution in [1.29, 1.82) is 0 Å². The van der Waals surface area contributed by atoms with Gasteiger partial charge in [-0.3, -0.25) is 0 Å². The van der Waals surface area contributed by atoms with Crippen molar-refractivity contribution < 1.29 is 0 Å². The molecule has 6 rings (SSSR count). The molecule has 0 aliphatic rings. The summed E-state index contributed by atoms with van der Waals surface area (Å²) < 4.78 is 0. The van der Waals surface area contributed by atoms with Gasteiger partial charge in [0.15, 0.2) is 17.5 Å². The number of rotatable bonds is 26. The molecule has 6 heteroatoms. The fourth-order valence-corrected chi connectivity index (χ4v) is 7.69. The Kier molecular flexibility index (Phi) is 26.3.